The van der Waals surface area contributed by atoms with Gasteiger partial charge in [0.1, 0.15) is 11.5 Å². The maximum Gasteiger partial charge on any atom is 0.141 e. The maximum absolute atomic E-state index is 6.43. The van der Waals surface area contributed by atoms with Gasteiger partial charge in [-0.05, 0) is 18.2 Å². The molecule has 3 aromatic carbocycles. The second-order valence-electron chi connectivity index (χ2n) is 7.14. The molecule has 0 saturated carbocycles. The third kappa shape index (κ3) is 1.56. The number of hydrogen-bond acceptors (Lipinski definition) is 1. The lowest BCUT2D eigenvalue weighted by Gasteiger charge is -2.34. The van der Waals surface area contributed by atoms with E-state index in [-0.39, 0.29) is 5.41 Å². The van der Waals surface area contributed by atoms with Crippen molar-refractivity contribution >= 4 is 21.8 Å². The number of aryl methyl sites for hydroxylation is 1. The molecule has 0 amide bonds. The van der Waals surface area contributed by atoms with Crippen molar-refractivity contribution in [3.63, 3.8) is 0 Å². The minimum Gasteiger partial charge on any atom is -0.456 e. The quantitative estimate of drug-likeness (QED) is 0.402. The van der Waals surface area contributed by atoms with Crippen molar-refractivity contribution in [2.45, 2.75) is 19.3 Å². The minimum absolute atomic E-state index is 0.0741. The first-order valence-electron chi connectivity index (χ1n) is 8.37. The molecule has 0 bridgehead atoms. The van der Waals surface area contributed by atoms with Crippen LogP contribution in [-0.2, 0) is 12.5 Å². The molecule has 2 heterocycles. The lowest BCUT2D eigenvalue weighted by atomic mass is 9.75. The molecule has 0 spiro atoms. The van der Waals surface area contributed by atoms with Gasteiger partial charge in [-0.15, -0.1) is 0 Å². The molecule has 118 valence electrons. The molecule has 0 aliphatic carbocycles. The summed E-state index contributed by atoms with van der Waals surface area (Å²) in [7, 11) is 2.12. The number of fused-ring (bicyclic) bond motifs is 6. The second kappa shape index (κ2) is 4.41. The summed E-state index contributed by atoms with van der Waals surface area (Å²) in [6, 6.07) is 21.4. The van der Waals surface area contributed by atoms with Crippen LogP contribution >= 0.6 is 0 Å². The Morgan fingerprint density at radius 2 is 1.54 bits per heavy atom. The molecule has 0 N–H and O–H groups in total. The summed E-state index contributed by atoms with van der Waals surface area (Å²) in [5, 5.41) is 2.47. The van der Waals surface area contributed by atoms with Crippen LogP contribution in [0.5, 0.6) is 11.5 Å². The van der Waals surface area contributed by atoms with E-state index in [1.54, 1.807) is 0 Å². The van der Waals surface area contributed by atoms with Gasteiger partial charge in [0.15, 0.2) is 0 Å². The molecule has 2 heteroatoms. The molecule has 4 aromatic rings. The fourth-order valence-electron chi connectivity index (χ4n) is 4.14. The molecule has 1 aliphatic rings. The van der Waals surface area contributed by atoms with Crippen LogP contribution in [0.25, 0.3) is 21.8 Å². The van der Waals surface area contributed by atoms with Crippen molar-refractivity contribution in [1.82, 2.24) is 4.57 Å². The van der Waals surface area contributed by atoms with Crippen LogP contribution < -0.4 is 4.74 Å². The number of rotatable bonds is 0. The normalized spacial score (nSPS) is 15.1. The smallest absolute Gasteiger partial charge is 0.141 e. The number of benzene rings is 3. The summed E-state index contributed by atoms with van der Waals surface area (Å²) in [4.78, 5) is 0. The Kier molecular flexibility index (Phi) is 2.52. The van der Waals surface area contributed by atoms with Crippen molar-refractivity contribution in [2.24, 2.45) is 7.05 Å². The van der Waals surface area contributed by atoms with E-state index in [0.717, 1.165) is 11.5 Å². The Morgan fingerprint density at radius 3 is 2.42 bits per heavy atom. The molecule has 5 rings (SSSR count). The molecular weight excluding hydrogens is 294 g/mol. The predicted molar refractivity (Wildman–Crippen MR) is 99.1 cm³/mol. The highest BCUT2D eigenvalue weighted by Crippen LogP contribution is 2.51. The van der Waals surface area contributed by atoms with Crippen LogP contribution in [0.15, 0.2) is 60.7 Å². The first-order valence-corrected chi connectivity index (χ1v) is 8.37. The fraction of sp³-hybridized carbons (Fsp3) is 0.182. The summed E-state index contributed by atoms with van der Waals surface area (Å²) >= 11 is 0. The first kappa shape index (κ1) is 13.7. The summed E-state index contributed by atoms with van der Waals surface area (Å²) in [6.07, 6.45) is 0. The van der Waals surface area contributed by atoms with Crippen molar-refractivity contribution < 1.29 is 4.74 Å². The van der Waals surface area contributed by atoms with Crippen LogP contribution in [0.1, 0.15) is 25.0 Å². The van der Waals surface area contributed by atoms with Gasteiger partial charge in [-0.25, -0.2) is 0 Å². The summed E-state index contributed by atoms with van der Waals surface area (Å²) in [5.41, 5.74) is 4.88. The SMILES string of the molecule is Cn1c2ccccc2c2c3c(ccc21)C(C)(C)c1ccccc1O3. The monoisotopic (exact) mass is 313 g/mol. The van der Waals surface area contributed by atoms with Crippen LogP contribution in [0.3, 0.4) is 0 Å². The van der Waals surface area contributed by atoms with Gasteiger partial charge >= 0.3 is 0 Å². The van der Waals surface area contributed by atoms with Gasteiger partial charge in [0.25, 0.3) is 0 Å². The van der Waals surface area contributed by atoms with Crippen LogP contribution in [-0.4, -0.2) is 4.57 Å². The van der Waals surface area contributed by atoms with Gasteiger partial charge in [0.05, 0.1) is 10.9 Å². The van der Waals surface area contributed by atoms with Crippen molar-refractivity contribution in [3.8, 4) is 11.5 Å². The van der Waals surface area contributed by atoms with Gasteiger partial charge < -0.3 is 9.30 Å². The minimum atomic E-state index is -0.0741. The molecular formula is C22H19NO. The average Bonchev–Trinajstić information content (AvgIpc) is 2.89. The van der Waals surface area contributed by atoms with Crippen molar-refractivity contribution in [3.05, 3.63) is 71.8 Å². The Hall–Kier alpha value is -2.74. The summed E-state index contributed by atoms with van der Waals surface area (Å²) in [5.74, 6) is 1.98. The largest absolute Gasteiger partial charge is 0.456 e. The fourth-order valence-corrected chi connectivity index (χ4v) is 4.14. The van der Waals surface area contributed by atoms with E-state index in [1.807, 2.05) is 6.07 Å². The predicted octanol–water partition coefficient (Wildman–Crippen LogP) is 5.76. The lowest BCUT2D eigenvalue weighted by molar-refractivity contribution is 0.423. The molecule has 1 aliphatic heterocycles. The third-order valence-electron chi connectivity index (χ3n) is 5.48. The molecule has 0 fully saturated rings. The highest BCUT2D eigenvalue weighted by molar-refractivity contribution is 6.12. The van der Waals surface area contributed by atoms with Gasteiger partial charge in [-0.3, -0.25) is 0 Å². The zero-order chi connectivity index (χ0) is 16.5. The number of nitrogens with zero attached hydrogens (tertiary/aromatic N) is 1. The topological polar surface area (TPSA) is 14.2 Å². The second-order valence-corrected chi connectivity index (χ2v) is 7.14. The van der Waals surface area contributed by atoms with Crippen molar-refractivity contribution in [2.75, 3.05) is 0 Å². The average molecular weight is 313 g/mol. The van der Waals surface area contributed by atoms with E-state index in [9.17, 15) is 0 Å². The number of para-hydroxylation sites is 2. The van der Waals surface area contributed by atoms with E-state index in [1.165, 1.54) is 32.9 Å². The van der Waals surface area contributed by atoms with E-state index < -0.39 is 0 Å². The highest BCUT2D eigenvalue weighted by Gasteiger charge is 2.35. The van der Waals surface area contributed by atoms with Crippen molar-refractivity contribution in [1.29, 1.82) is 0 Å². The summed E-state index contributed by atoms with van der Waals surface area (Å²) < 4.78 is 8.69. The number of aromatic nitrogens is 1. The van der Waals surface area contributed by atoms with Crippen LogP contribution in [0.2, 0.25) is 0 Å². The van der Waals surface area contributed by atoms with E-state index in [4.69, 9.17) is 4.74 Å². The van der Waals surface area contributed by atoms with Crippen LogP contribution in [0, 0.1) is 0 Å². The van der Waals surface area contributed by atoms with Gasteiger partial charge in [-0.1, -0.05) is 56.3 Å². The highest BCUT2D eigenvalue weighted by atomic mass is 16.5. The zero-order valence-corrected chi connectivity index (χ0v) is 14.1. The van der Waals surface area contributed by atoms with Gasteiger partial charge in [0, 0.05) is 34.5 Å². The molecule has 0 unspecified atom stereocenters. The van der Waals surface area contributed by atoms with Crippen LogP contribution in [0.4, 0.5) is 0 Å². The van der Waals surface area contributed by atoms with E-state index >= 15 is 0 Å². The Bertz CT molecular complexity index is 1120. The third-order valence-corrected chi connectivity index (χ3v) is 5.48. The van der Waals surface area contributed by atoms with E-state index in [0.29, 0.717) is 0 Å². The number of hydrogen-bond donors (Lipinski definition) is 0. The zero-order valence-electron chi connectivity index (χ0n) is 14.1. The van der Waals surface area contributed by atoms with E-state index in [2.05, 4.69) is 80.1 Å². The summed E-state index contributed by atoms with van der Waals surface area (Å²) in [6.45, 7) is 4.56. The first-order chi connectivity index (χ1) is 11.6. The lowest BCUT2D eigenvalue weighted by Crippen LogP contribution is -2.24. The molecule has 0 saturated heterocycles. The van der Waals surface area contributed by atoms with Gasteiger partial charge in [-0.2, -0.15) is 0 Å². The molecule has 0 radical (unpaired) electrons. The standard InChI is InChI=1S/C22H19NO/c1-22(2)15-9-5-7-11-19(15)24-21-16(22)12-13-18-20(21)14-8-4-6-10-17(14)23(18)3/h4-13H,1-3H3. The number of ether oxygens (including phenoxy) is 1. The maximum atomic E-state index is 6.43. The Labute approximate surface area is 141 Å². The molecule has 2 nitrogen and oxygen atoms in total. The molecule has 0 atom stereocenters. The molecule has 1 aromatic heterocycles. The Morgan fingerprint density at radius 1 is 0.792 bits per heavy atom. The Balaban J connectivity index is 1.95. The molecule has 24 heavy (non-hydrogen) atoms. The van der Waals surface area contributed by atoms with Gasteiger partial charge in [0.2, 0.25) is 0 Å².